The number of carbonyl (C=O) groups excluding carboxylic acids is 1. The minimum atomic E-state index is -0.299. The molecule has 0 aromatic heterocycles. The summed E-state index contributed by atoms with van der Waals surface area (Å²) in [5.41, 5.74) is 1.90. The van der Waals surface area contributed by atoms with Crippen LogP contribution >= 0.6 is 0 Å². The Labute approximate surface area is 148 Å². The van der Waals surface area contributed by atoms with Gasteiger partial charge in [0.1, 0.15) is 11.6 Å². The van der Waals surface area contributed by atoms with Crippen molar-refractivity contribution >= 4 is 5.91 Å². The molecule has 0 spiro atoms. The first-order valence-electron chi connectivity index (χ1n) is 8.40. The van der Waals surface area contributed by atoms with Gasteiger partial charge in [0, 0.05) is 6.54 Å². The van der Waals surface area contributed by atoms with E-state index in [1.165, 1.54) is 12.1 Å². The molecule has 4 nitrogen and oxygen atoms in total. The first-order chi connectivity index (χ1) is 12.0. The summed E-state index contributed by atoms with van der Waals surface area (Å²) in [4.78, 5) is 14.2. The van der Waals surface area contributed by atoms with E-state index >= 15 is 0 Å². The summed E-state index contributed by atoms with van der Waals surface area (Å²) in [6, 6.07) is 14.0. The van der Waals surface area contributed by atoms with E-state index in [9.17, 15) is 9.18 Å². The van der Waals surface area contributed by atoms with Gasteiger partial charge < -0.3 is 15.0 Å². The average Bonchev–Trinajstić information content (AvgIpc) is 2.58. The molecular formula is C20H25FN2O2. The topological polar surface area (TPSA) is 41.6 Å². The van der Waals surface area contributed by atoms with Gasteiger partial charge in [-0.05, 0) is 56.4 Å². The maximum Gasteiger partial charge on any atom is 0.224 e. The third-order valence-electron chi connectivity index (χ3n) is 3.97. The highest BCUT2D eigenvalue weighted by molar-refractivity contribution is 5.78. The van der Waals surface area contributed by atoms with Gasteiger partial charge in [-0.1, -0.05) is 24.3 Å². The molecule has 134 valence electrons. The second-order valence-electron chi connectivity index (χ2n) is 6.09. The zero-order valence-electron chi connectivity index (χ0n) is 15.0. The molecule has 0 aliphatic heterocycles. The zero-order valence-corrected chi connectivity index (χ0v) is 15.0. The van der Waals surface area contributed by atoms with Crippen LogP contribution in [0.1, 0.15) is 24.1 Å². The van der Waals surface area contributed by atoms with E-state index in [2.05, 4.69) is 10.2 Å². The van der Waals surface area contributed by atoms with Gasteiger partial charge in [-0.2, -0.15) is 0 Å². The number of carbonyl (C=O) groups is 1. The predicted octanol–water partition coefficient (Wildman–Crippen LogP) is 3.19. The third kappa shape index (κ3) is 5.87. The van der Waals surface area contributed by atoms with Gasteiger partial charge in [-0.15, -0.1) is 0 Å². The van der Waals surface area contributed by atoms with Gasteiger partial charge in [0.05, 0.1) is 19.1 Å². The smallest absolute Gasteiger partial charge is 0.224 e. The molecule has 0 aliphatic rings. The van der Waals surface area contributed by atoms with E-state index in [-0.39, 0.29) is 24.2 Å². The van der Waals surface area contributed by atoms with Crippen molar-refractivity contribution < 1.29 is 13.9 Å². The lowest BCUT2D eigenvalue weighted by Crippen LogP contribution is -2.35. The lowest BCUT2D eigenvalue weighted by Gasteiger charge is -2.25. The summed E-state index contributed by atoms with van der Waals surface area (Å²) in [6.45, 7) is 3.09. The molecule has 2 aromatic carbocycles. The van der Waals surface area contributed by atoms with E-state index in [1.54, 1.807) is 12.1 Å². The summed E-state index contributed by atoms with van der Waals surface area (Å²) < 4.78 is 18.4. The normalized spacial score (nSPS) is 12.0. The van der Waals surface area contributed by atoms with Crippen LogP contribution in [0, 0.1) is 5.82 Å². The molecule has 5 heteroatoms. The summed E-state index contributed by atoms with van der Waals surface area (Å²) in [5.74, 6) is 0.459. The number of likely N-dealkylation sites (N-methyl/N-ethyl adjacent to an activating group) is 1. The van der Waals surface area contributed by atoms with Crippen molar-refractivity contribution in [1.29, 1.82) is 0 Å². The Bertz CT molecular complexity index is 669. The number of benzene rings is 2. The first-order valence-corrected chi connectivity index (χ1v) is 8.40. The third-order valence-corrected chi connectivity index (χ3v) is 3.97. The monoisotopic (exact) mass is 344 g/mol. The van der Waals surface area contributed by atoms with Crippen molar-refractivity contribution in [3.05, 3.63) is 65.5 Å². The lowest BCUT2D eigenvalue weighted by molar-refractivity contribution is -0.120. The minimum Gasteiger partial charge on any atom is -0.494 e. The van der Waals surface area contributed by atoms with Crippen molar-refractivity contribution in [2.45, 2.75) is 19.4 Å². The second kappa shape index (κ2) is 9.18. The molecule has 1 N–H and O–H groups in total. The Kier molecular flexibility index (Phi) is 6.95. The maximum absolute atomic E-state index is 12.9. The van der Waals surface area contributed by atoms with E-state index < -0.39 is 0 Å². The summed E-state index contributed by atoms with van der Waals surface area (Å²) in [6.07, 6.45) is 0.240. The van der Waals surface area contributed by atoms with Crippen LogP contribution in [-0.4, -0.2) is 38.1 Å². The Hall–Kier alpha value is -2.40. The Morgan fingerprint density at radius 1 is 1.12 bits per heavy atom. The number of nitrogens with zero attached hydrogens (tertiary/aromatic N) is 1. The highest BCUT2D eigenvalue weighted by atomic mass is 19.1. The highest BCUT2D eigenvalue weighted by Gasteiger charge is 2.15. The number of ether oxygens (including phenoxy) is 1. The fourth-order valence-electron chi connectivity index (χ4n) is 2.61. The zero-order chi connectivity index (χ0) is 18.2. The van der Waals surface area contributed by atoms with Crippen LogP contribution in [0.15, 0.2) is 48.5 Å². The van der Waals surface area contributed by atoms with Crippen LogP contribution < -0.4 is 10.1 Å². The highest BCUT2D eigenvalue weighted by Crippen LogP contribution is 2.21. The summed E-state index contributed by atoms with van der Waals surface area (Å²) >= 11 is 0. The molecular weight excluding hydrogens is 319 g/mol. The first kappa shape index (κ1) is 18.9. The molecule has 2 aromatic rings. The molecule has 1 atom stereocenters. The minimum absolute atomic E-state index is 0.0628. The van der Waals surface area contributed by atoms with Crippen molar-refractivity contribution in [3.8, 4) is 5.75 Å². The number of amides is 1. The van der Waals surface area contributed by atoms with E-state index in [4.69, 9.17) is 4.74 Å². The van der Waals surface area contributed by atoms with Gasteiger partial charge >= 0.3 is 0 Å². The van der Waals surface area contributed by atoms with E-state index in [0.29, 0.717) is 13.2 Å². The number of rotatable bonds is 8. The van der Waals surface area contributed by atoms with Gasteiger partial charge in [0.25, 0.3) is 0 Å². The lowest BCUT2D eigenvalue weighted by atomic mass is 10.1. The Morgan fingerprint density at radius 2 is 1.76 bits per heavy atom. The molecule has 1 amide bonds. The second-order valence-corrected chi connectivity index (χ2v) is 6.09. The molecule has 0 fully saturated rings. The van der Waals surface area contributed by atoms with Crippen molar-refractivity contribution in [3.63, 3.8) is 0 Å². The number of hydrogen-bond acceptors (Lipinski definition) is 3. The summed E-state index contributed by atoms with van der Waals surface area (Å²) in [7, 11) is 3.96. The molecule has 0 saturated heterocycles. The van der Waals surface area contributed by atoms with Crippen LogP contribution in [0.2, 0.25) is 0 Å². The fourth-order valence-corrected chi connectivity index (χ4v) is 2.61. The Balaban J connectivity index is 1.94. The van der Waals surface area contributed by atoms with Crippen LogP contribution in [0.4, 0.5) is 4.39 Å². The Morgan fingerprint density at radius 3 is 2.32 bits per heavy atom. The van der Waals surface area contributed by atoms with Crippen LogP contribution in [0.5, 0.6) is 5.75 Å². The van der Waals surface area contributed by atoms with Crippen LogP contribution in [0.3, 0.4) is 0 Å². The van der Waals surface area contributed by atoms with E-state index in [1.807, 2.05) is 45.3 Å². The van der Waals surface area contributed by atoms with Crippen molar-refractivity contribution in [1.82, 2.24) is 10.2 Å². The van der Waals surface area contributed by atoms with Crippen molar-refractivity contribution in [2.75, 3.05) is 27.2 Å². The molecule has 25 heavy (non-hydrogen) atoms. The molecule has 0 aliphatic carbocycles. The van der Waals surface area contributed by atoms with E-state index in [0.717, 1.165) is 16.9 Å². The molecule has 0 heterocycles. The predicted molar refractivity (Wildman–Crippen MR) is 97.2 cm³/mol. The van der Waals surface area contributed by atoms with Gasteiger partial charge in [-0.25, -0.2) is 4.39 Å². The van der Waals surface area contributed by atoms with Crippen LogP contribution in [-0.2, 0) is 11.2 Å². The number of halogens is 1. The molecule has 0 bridgehead atoms. The quantitative estimate of drug-likeness (QED) is 0.800. The largest absolute Gasteiger partial charge is 0.494 e. The molecule has 0 radical (unpaired) electrons. The van der Waals surface area contributed by atoms with Crippen molar-refractivity contribution in [2.24, 2.45) is 0 Å². The van der Waals surface area contributed by atoms with Gasteiger partial charge in [-0.3, -0.25) is 4.79 Å². The average molecular weight is 344 g/mol. The van der Waals surface area contributed by atoms with Crippen LogP contribution in [0.25, 0.3) is 0 Å². The summed E-state index contributed by atoms with van der Waals surface area (Å²) in [5, 5.41) is 2.96. The standard InChI is InChI=1S/C20H25FN2O2/c1-4-25-18-11-7-16(8-12-18)19(23(2)3)14-22-20(24)13-15-5-9-17(21)10-6-15/h5-12,19H,4,13-14H2,1-3H3,(H,22,24). The fraction of sp³-hybridized carbons (Fsp3) is 0.350. The molecule has 1 unspecified atom stereocenters. The number of nitrogens with one attached hydrogen (secondary N) is 1. The molecule has 2 rings (SSSR count). The molecule has 0 saturated carbocycles. The van der Waals surface area contributed by atoms with Gasteiger partial charge in [0.2, 0.25) is 5.91 Å². The SMILES string of the molecule is CCOc1ccc(C(CNC(=O)Cc2ccc(F)cc2)N(C)C)cc1. The number of hydrogen-bond donors (Lipinski definition) is 1. The maximum atomic E-state index is 12.9. The van der Waals surface area contributed by atoms with Gasteiger partial charge in [0.15, 0.2) is 0 Å².